The third-order valence-electron chi connectivity index (χ3n) is 2.29. The molecule has 2 aromatic rings. The van der Waals surface area contributed by atoms with Crippen LogP contribution < -0.4 is 5.56 Å². The van der Waals surface area contributed by atoms with Crippen molar-refractivity contribution in [1.82, 2.24) is 9.97 Å². The molecule has 0 amide bonds. The average molecular weight is 222 g/mol. The Balaban J connectivity index is 2.73. The largest absolute Gasteiger partial charge is 0.313 e. The zero-order valence-corrected chi connectivity index (χ0v) is 8.42. The number of rotatable bonds is 1. The van der Waals surface area contributed by atoms with Crippen LogP contribution in [0.1, 0.15) is 5.56 Å². The lowest BCUT2D eigenvalue weighted by atomic mass is 10.1. The molecule has 5 heteroatoms. The normalized spacial score (nSPS) is 10.4. The first-order valence-electron chi connectivity index (χ1n) is 4.60. The molecule has 0 aliphatic heterocycles. The number of benzene rings is 1. The van der Waals surface area contributed by atoms with E-state index in [1.54, 1.807) is 0 Å². The Morgan fingerprint density at radius 3 is 2.81 bits per heavy atom. The van der Waals surface area contributed by atoms with Crippen LogP contribution in [0.5, 0.6) is 0 Å². The van der Waals surface area contributed by atoms with Crippen molar-refractivity contribution >= 4 is 0 Å². The Kier molecular flexibility index (Phi) is 2.52. The number of aromatic amines is 1. The predicted octanol–water partition coefficient (Wildman–Crippen LogP) is 2.02. The van der Waals surface area contributed by atoms with Gasteiger partial charge >= 0.3 is 0 Å². The van der Waals surface area contributed by atoms with Crippen molar-refractivity contribution in [1.29, 1.82) is 0 Å². The molecular weight excluding hydrogens is 214 g/mol. The standard InChI is InChI=1S/C11H8F2N2O/c1-6-10(14-5-15-11(6)16)7-3-2-4-8(12)9(7)13/h2-5H,1H3,(H,14,15,16). The molecule has 3 nitrogen and oxygen atoms in total. The summed E-state index contributed by atoms with van der Waals surface area (Å²) in [6.45, 7) is 1.51. The van der Waals surface area contributed by atoms with Gasteiger partial charge < -0.3 is 4.98 Å². The SMILES string of the molecule is Cc1c(-c2cccc(F)c2F)nc[nH]c1=O. The van der Waals surface area contributed by atoms with Gasteiger partial charge in [-0.25, -0.2) is 13.8 Å². The minimum Gasteiger partial charge on any atom is -0.313 e. The fourth-order valence-electron chi connectivity index (χ4n) is 1.43. The summed E-state index contributed by atoms with van der Waals surface area (Å²) >= 11 is 0. The van der Waals surface area contributed by atoms with E-state index in [2.05, 4.69) is 9.97 Å². The number of nitrogens with zero attached hydrogens (tertiary/aromatic N) is 1. The molecule has 82 valence electrons. The summed E-state index contributed by atoms with van der Waals surface area (Å²) in [5.41, 5.74) is 0.0324. The van der Waals surface area contributed by atoms with Crippen LogP contribution in [0, 0.1) is 18.6 Å². The van der Waals surface area contributed by atoms with Gasteiger partial charge in [-0.1, -0.05) is 6.07 Å². The second kappa shape index (κ2) is 3.84. The number of aromatic nitrogens is 2. The molecule has 0 aliphatic carbocycles. The molecule has 0 saturated carbocycles. The van der Waals surface area contributed by atoms with Crippen LogP contribution in [0.2, 0.25) is 0 Å². The van der Waals surface area contributed by atoms with E-state index in [1.165, 1.54) is 19.1 Å². The molecule has 1 aromatic heterocycles. The summed E-state index contributed by atoms with van der Waals surface area (Å²) in [6.07, 6.45) is 1.16. The summed E-state index contributed by atoms with van der Waals surface area (Å²) in [7, 11) is 0. The lowest BCUT2D eigenvalue weighted by molar-refractivity contribution is 0.511. The summed E-state index contributed by atoms with van der Waals surface area (Å²) in [6, 6.07) is 3.77. The molecule has 1 aromatic carbocycles. The van der Waals surface area contributed by atoms with Crippen LogP contribution in [0.4, 0.5) is 8.78 Å². The Morgan fingerprint density at radius 1 is 1.31 bits per heavy atom. The molecular formula is C11H8F2N2O. The van der Waals surface area contributed by atoms with Crippen LogP contribution in [-0.4, -0.2) is 9.97 Å². The first-order valence-corrected chi connectivity index (χ1v) is 4.60. The highest BCUT2D eigenvalue weighted by molar-refractivity contribution is 5.62. The Morgan fingerprint density at radius 2 is 2.06 bits per heavy atom. The molecule has 0 saturated heterocycles. The van der Waals surface area contributed by atoms with Gasteiger partial charge in [0.1, 0.15) is 0 Å². The molecule has 0 atom stereocenters. The fraction of sp³-hybridized carbons (Fsp3) is 0.0909. The van der Waals surface area contributed by atoms with Gasteiger partial charge in [-0.2, -0.15) is 0 Å². The minimum atomic E-state index is -0.997. The predicted molar refractivity (Wildman–Crippen MR) is 54.9 cm³/mol. The van der Waals surface area contributed by atoms with Crippen molar-refractivity contribution in [2.45, 2.75) is 6.92 Å². The maximum Gasteiger partial charge on any atom is 0.254 e. The van der Waals surface area contributed by atoms with E-state index in [0.717, 1.165) is 12.4 Å². The highest BCUT2D eigenvalue weighted by Crippen LogP contribution is 2.23. The monoisotopic (exact) mass is 222 g/mol. The van der Waals surface area contributed by atoms with E-state index in [0.29, 0.717) is 0 Å². The molecule has 1 N–H and O–H groups in total. The van der Waals surface area contributed by atoms with Crippen molar-refractivity contribution in [2.75, 3.05) is 0 Å². The van der Waals surface area contributed by atoms with E-state index in [4.69, 9.17) is 0 Å². The fourth-order valence-corrected chi connectivity index (χ4v) is 1.43. The molecule has 0 radical (unpaired) electrons. The number of H-pyrrole nitrogens is 1. The zero-order chi connectivity index (χ0) is 11.7. The van der Waals surface area contributed by atoms with Crippen molar-refractivity contribution in [3.05, 3.63) is 52.1 Å². The highest BCUT2D eigenvalue weighted by Gasteiger charge is 2.13. The molecule has 0 fully saturated rings. The van der Waals surface area contributed by atoms with E-state index < -0.39 is 11.6 Å². The van der Waals surface area contributed by atoms with Crippen molar-refractivity contribution in [3.8, 4) is 11.3 Å². The van der Waals surface area contributed by atoms with Gasteiger partial charge in [0.15, 0.2) is 11.6 Å². The van der Waals surface area contributed by atoms with Gasteiger partial charge in [-0.3, -0.25) is 4.79 Å². The van der Waals surface area contributed by atoms with Crippen molar-refractivity contribution in [3.63, 3.8) is 0 Å². The zero-order valence-electron chi connectivity index (χ0n) is 8.42. The Labute approximate surface area is 89.8 Å². The maximum atomic E-state index is 13.5. The number of hydrogen-bond acceptors (Lipinski definition) is 2. The molecule has 0 unspecified atom stereocenters. The topological polar surface area (TPSA) is 45.8 Å². The van der Waals surface area contributed by atoms with Crippen LogP contribution in [0.25, 0.3) is 11.3 Å². The lowest BCUT2D eigenvalue weighted by Gasteiger charge is -2.05. The molecule has 2 rings (SSSR count). The van der Waals surface area contributed by atoms with Gasteiger partial charge in [-0.05, 0) is 19.1 Å². The maximum absolute atomic E-state index is 13.5. The molecule has 0 spiro atoms. The molecule has 0 aliphatic rings. The van der Waals surface area contributed by atoms with Crippen molar-refractivity contribution in [2.24, 2.45) is 0 Å². The summed E-state index contributed by atoms with van der Waals surface area (Å²) < 4.78 is 26.5. The number of hydrogen-bond donors (Lipinski definition) is 1. The smallest absolute Gasteiger partial charge is 0.254 e. The van der Waals surface area contributed by atoms with Gasteiger partial charge in [0.05, 0.1) is 12.0 Å². The highest BCUT2D eigenvalue weighted by atomic mass is 19.2. The number of nitrogens with one attached hydrogen (secondary N) is 1. The van der Waals surface area contributed by atoms with Gasteiger partial charge in [0, 0.05) is 11.1 Å². The summed E-state index contributed by atoms with van der Waals surface area (Å²) in [5.74, 6) is -1.96. The first kappa shape index (κ1) is 10.5. The Hall–Kier alpha value is -2.04. The lowest BCUT2D eigenvalue weighted by Crippen LogP contribution is -2.11. The van der Waals surface area contributed by atoms with E-state index in [9.17, 15) is 13.6 Å². The third kappa shape index (κ3) is 1.60. The van der Waals surface area contributed by atoms with Gasteiger partial charge in [0.25, 0.3) is 5.56 Å². The second-order valence-corrected chi connectivity index (χ2v) is 3.31. The van der Waals surface area contributed by atoms with Gasteiger partial charge in [-0.15, -0.1) is 0 Å². The van der Waals surface area contributed by atoms with E-state index >= 15 is 0 Å². The second-order valence-electron chi connectivity index (χ2n) is 3.31. The van der Waals surface area contributed by atoms with Crippen LogP contribution in [-0.2, 0) is 0 Å². The summed E-state index contributed by atoms with van der Waals surface area (Å²) in [4.78, 5) is 17.5. The quantitative estimate of drug-likeness (QED) is 0.802. The van der Waals surface area contributed by atoms with Gasteiger partial charge in [0.2, 0.25) is 0 Å². The molecule has 1 heterocycles. The first-order chi connectivity index (χ1) is 7.61. The number of halogens is 2. The van der Waals surface area contributed by atoms with E-state index in [-0.39, 0.29) is 22.4 Å². The third-order valence-corrected chi connectivity index (χ3v) is 2.29. The van der Waals surface area contributed by atoms with E-state index in [1.807, 2.05) is 0 Å². The Bertz CT molecular complexity index is 593. The molecule has 16 heavy (non-hydrogen) atoms. The van der Waals surface area contributed by atoms with Crippen LogP contribution >= 0.6 is 0 Å². The van der Waals surface area contributed by atoms with Crippen molar-refractivity contribution < 1.29 is 8.78 Å². The average Bonchev–Trinajstić information content (AvgIpc) is 2.27. The van der Waals surface area contributed by atoms with Crippen LogP contribution in [0.15, 0.2) is 29.3 Å². The minimum absolute atomic E-state index is 0.0106. The van der Waals surface area contributed by atoms with Crippen LogP contribution in [0.3, 0.4) is 0 Å². The molecule has 0 bridgehead atoms. The summed E-state index contributed by atoms with van der Waals surface area (Å²) in [5, 5.41) is 0.